The van der Waals surface area contributed by atoms with Crippen molar-refractivity contribution in [2.45, 2.75) is 12.5 Å². The number of hydrogen-bond donors (Lipinski definition) is 1. The molecule has 1 rings (SSSR count). The van der Waals surface area contributed by atoms with Crippen molar-refractivity contribution in [3.05, 3.63) is 34.9 Å². The van der Waals surface area contributed by atoms with E-state index in [1.807, 2.05) is 0 Å². The highest BCUT2D eigenvalue weighted by molar-refractivity contribution is 6.31. The third-order valence-electron chi connectivity index (χ3n) is 1.98. The van der Waals surface area contributed by atoms with Gasteiger partial charge in [0.05, 0.1) is 7.11 Å². The lowest BCUT2D eigenvalue weighted by Gasteiger charge is -2.21. The summed E-state index contributed by atoms with van der Waals surface area (Å²) in [5.41, 5.74) is -1.36. The Hall–Kier alpha value is -1.06. The molecular weight excluding hydrogens is 204 g/mol. The van der Waals surface area contributed by atoms with Crippen molar-refractivity contribution in [1.29, 1.82) is 0 Å². The van der Waals surface area contributed by atoms with Crippen LogP contribution < -0.4 is 0 Å². The summed E-state index contributed by atoms with van der Waals surface area (Å²) in [4.78, 5) is 11.3. The van der Waals surface area contributed by atoms with Gasteiger partial charge in [0.2, 0.25) is 0 Å². The predicted octanol–water partition coefficient (Wildman–Crippen LogP) is 1.72. The van der Waals surface area contributed by atoms with Crippen LogP contribution in [0.5, 0.6) is 0 Å². The van der Waals surface area contributed by atoms with Crippen molar-refractivity contribution < 1.29 is 14.6 Å². The summed E-state index contributed by atoms with van der Waals surface area (Å²) in [7, 11) is 1.22. The highest BCUT2D eigenvalue weighted by atomic mass is 35.5. The summed E-state index contributed by atoms with van der Waals surface area (Å²) in [6.45, 7) is 1.35. The van der Waals surface area contributed by atoms with Crippen molar-refractivity contribution in [3.8, 4) is 0 Å². The van der Waals surface area contributed by atoms with Gasteiger partial charge >= 0.3 is 5.97 Å². The van der Waals surface area contributed by atoms with Crippen molar-refractivity contribution >= 4 is 17.6 Å². The van der Waals surface area contributed by atoms with Crippen LogP contribution in [-0.4, -0.2) is 18.2 Å². The number of aliphatic hydroxyl groups is 1. The van der Waals surface area contributed by atoms with Crippen LogP contribution in [0.25, 0.3) is 0 Å². The summed E-state index contributed by atoms with van der Waals surface area (Å²) in [5.74, 6) is -0.731. The Bertz CT molecular complexity index is 347. The molecule has 1 aromatic carbocycles. The Balaban J connectivity index is 3.16. The molecule has 1 N–H and O–H groups in total. The Morgan fingerprint density at radius 3 is 2.57 bits per heavy atom. The summed E-state index contributed by atoms with van der Waals surface area (Å²) < 4.78 is 4.48. The largest absolute Gasteiger partial charge is 0.467 e. The fourth-order valence-corrected chi connectivity index (χ4v) is 1.48. The SMILES string of the molecule is COC(=O)C(C)(O)c1ccccc1Cl. The maximum atomic E-state index is 11.3. The molecule has 3 nitrogen and oxygen atoms in total. The monoisotopic (exact) mass is 214 g/mol. The number of methoxy groups -OCH3 is 1. The number of hydrogen-bond acceptors (Lipinski definition) is 3. The number of carbonyl (C=O) groups is 1. The van der Waals surface area contributed by atoms with Crippen molar-refractivity contribution in [2.75, 3.05) is 7.11 Å². The Morgan fingerprint density at radius 1 is 1.50 bits per heavy atom. The Labute approximate surface area is 87.3 Å². The fraction of sp³-hybridized carbons (Fsp3) is 0.300. The topological polar surface area (TPSA) is 46.5 Å². The molecule has 1 atom stereocenters. The van der Waals surface area contributed by atoms with Crippen molar-refractivity contribution in [1.82, 2.24) is 0 Å². The van der Waals surface area contributed by atoms with Gasteiger partial charge in [-0.05, 0) is 13.0 Å². The van der Waals surface area contributed by atoms with E-state index >= 15 is 0 Å². The maximum Gasteiger partial charge on any atom is 0.342 e. The molecule has 0 aliphatic rings. The van der Waals surface area contributed by atoms with E-state index in [1.165, 1.54) is 14.0 Å². The van der Waals surface area contributed by atoms with E-state index in [-0.39, 0.29) is 0 Å². The lowest BCUT2D eigenvalue weighted by molar-refractivity contribution is -0.161. The second-order valence-corrected chi connectivity index (χ2v) is 3.45. The predicted molar refractivity (Wildman–Crippen MR) is 53.0 cm³/mol. The van der Waals surface area contributed by atoms with E-state index in [2.05, 4.69) is 4.74 Å². The molecule has 0 spiro atoms. The second-order valence-electron chi connectivity index (χ2n) is 3.04. The van der Waals surface area contributed by atoms with Gasteiger partial charge in [0.25, 0.3) is 0 Å². The lowest BCUT2D eigenvalue weighted by atomic mass is 9.96. The minimum atomic E-state index is -1.70. The fourth-order valence-electron chi connectivity index (χ4n) is 1.16. The van der Waals surface area contributed by atoms with Crippen molar-refractivity contribution in [3.63, 3.8) is 0 Å². The molecule has 0 heterocycles. The standard InChI is InChI=1S/C10H11ClO3/c1-10(13,9(12)14-2)7-5-3-4-6-8(7)11/h3-6,13H,1-2H3. The van der Waals surface area contributed by atoms with Gasteiger partial charge in [-0.3, -0.25) is 0 Å². The molecule has 1 aromatic rings. The Kier molecular flexibility index (Phi) is 3.13. The van der Waals surface area contributed by atoms with Gasteiger partial charge in [-0.2, -0.15) is 0 Å². The zero-order chi connectivity index (χ0) is 10.8. The van der Waals surface area contributed by atoms with Crippen LogP contribution in [0.15, 0.2) is 24.3 Å². The van der Waals surface area contributed by atoms with Gasteiger partial charge < -0.3 is 9.84 Å². The van der Waals surface area contributed by atoms with Gasteiger partial charge in [-0.25, -0.2) is 4.79 Å². The highest BCUT2D eigenvalue weighted by Crippen LogP contribution is 2.28. The van der Waals surface area contributed by atoms with E-state index < -0.39 is 11.6 Å². The molecule has 0 radical (unpaired) electrons. The van der Waals surface area contributed by atoms with E-state index in [1.54, 1.807) is 24.3 Å². The first kappa shape index (κ1) is 11.0. The van der Waals surface area contributed by atoms with Crippen LogP contribution in [0.1, 0.15) is 12.5 Å². The third-order valence-corrected chi connectivity index (χ3v) is 2.31. The first-order valence-electron chi connectivity index (χ1n) is 4.06. The third kappa shape index (κ3) is 1.89. The van der Waals surface area contributed by atoms with Gasteiger partial charge in [0, 0.05) is 10.6 Å². The van der Waals surface area contributed by atoms with Crippen LogP contribution in [-0.2, 0) is 15.1 Å². The first-order valence-corrected chi connectivity index (χ1v) is 4.43. The molecule has 0 aromatic heterocycles. The summed E-state index contributed by atoms with van der Waals surface area (Å²) in [6.07, 6.45) is 0. The molecule has 0 bridgehead atoms. The molecule has 0 aliphatic carbocycles. The molecular formula is C10H11ClO3. The summed E-state index contributed by atoms with van der Waals surface area (Å²) >= 11 is 5.84. The van der Waals surface area contributed by atoms with Crippen LogP contribution in [0.4, 0.5) is 0 Å². The average molecular weight is 215 g/mol. The van der Waals surface area contributed by atoms with Crippen LogP contribution >= 0.6 is 11.6 Å². The smallest absolute Gasteiger partial charge is 0.342 e. The minimum Gasteiger partial charge on any atom is -0.467 e. The van der Waals surface area contributed by atoms with E-state index in [4.69, 9.17) is 11.6 Å². The second kappa shape index (κ2) is 3.98. The molecule has 0 fully saturated rings. The highest BCUT2D eigenvalue weighted by Gasteiger charge is 2.35. The zero-order valence-corrected chi connectivity index (χ0v) is 8.71. The van der Waals surface area contributed by atoms with E-state index in [9.17, 15) is 9.90 Å². The molecule has 4 heteroatoms. The maximum absolute atomic E-state index is 11.3. The minimum absolute atomic E-state index is 0.336. The molecule has 14 heavy (non-hydrogen) atoms. The first-order chi connectivity index (χ1) is 6.50. The normalized spacial score (nSPS) is 14.6. The van der Waals surface area contributed by atoms with E-state index in [0.29, 0.717) is 10.6 Å². The van der Waals surface area contributed by atoms with E-state index in [0.717, 1.165) is 0 Å². The number of halogens is 1. The molecule has 0 saturated carbocycles. The van der Waals surface area contributed by atoms with Crippen LogP contribution in [0.3, 0.4) is 0 Å². The van der Waals surface area contributed by atoms with Crippen LogP contribution in [0, 0.1) is 0 Å². The number of rotatable bonds is 2. The van der Waals surface area contributed by atoms with Gasteiger partial charge in [-0.15, -0.1) is 0 Å². The number of carbonyl (C=O) groups excluding carboxylic acids is 1. The number of ether oxygens (including phenoxy) is 1. The van der Waals surface area contributed by atoms with Crippen LogP contribution in [0.2, 0.25) is 5.02 Å². The molecule has 0 amide bonds. The number of esters is 1. The molecule has 76 valence electrons. The van der Waals surface area contributed by atoms with Crippen molar-refractivity contribution in [2.24, 2.45) is 0 Å². The van der Waals surface area contributed by atoms with Gasteiger partial charge in [0.1, 0.15) is 0 Å². The summed E-state index contributed by atoms with van der Waals surface area (Å²) in [6, 6.07) is 6.60. The molecule has 0 saturated heterocycles. The zero-order valence-electron chi connectivity index (χ0n) is 7.95. The Morgan fingerprint density at radius 2 is 2.07 bits per heavy atom. The van der Waals surface area contributed by atoms with Gasteiger partial charge in [-0.1, -0.05) is 29.8 Å². The quantitative estimate of drug-likeness (QED) is 0.763. The lowest BCUT2D eigenvalue weighted by Crippen LogP contribution is -2.33. The van der Waals surface area contributed by atoms with Gasteiger partial charge in [0.15, 0.2) is 5.60 Å². The summed E-state index contributed by atoms with van der Waals surface area (Å²) in [5, 5.41) is 10.2. The average Bonchev–Trinajstić information content (AvgIpc) is 2.17. The number of benzene rings is 1. The molecule has 1 unspecified atom stereocenters. The molecule has 0 aliphatic heterocycles.